The minimum Gasteiger partial charge on any atom is -0.347 e. The van der Waals surface area contributed by atoms with E-state index in [2.05, 4.69) is 10.0 Å². The van der Waals surface area contributed by atoms with Crippen LogP contribution in [-0.2, 0) is 14.8 Å². The maximum Gasteiger partial charge on any atom is 0.261 e. The molecule has 0 aliphatic carbocycles. The highest BCUT2D eigenvalue weighted by Crippen LogP contribution is 2.17. The summed E-state index contributed by atoms with van der Waals surface area (Å²) in [5.41, 5.74) is 0.509. The molecule has 0 atom stereocenters. The van der Waals surface area contributed by atoms with E-state index in [4.69, 9.17) is 0 Å². The number of anilines is 1. The molecule has 2 N–H and O–H groups in total. The average molecular weight is 361 g/mol. The number of nitrogens with one attached hydrogen (secondary N) is 2. The molecule has 7 nitrogen and oxygen atoms in total. The van der Waals surface area contributed by atoms with Crippen molar-refractivity contribution in [2.45, 2.75) is 4.90 Å². The first-order valence-corrected chi connectivity index (χ1v) is 8.94. The molecule has 8 heteroatoms. The summed E-state index contributed by atoms with van der Waals surface area (Å²) >= 11 is 0. The zero-order valence-electron chi connectivity index (χ0n) is 13.9. The first kappa shape index (κ1) is 18.5. The van der Waals surface area contributed by atoms with E-state index in [9.17, 15) is 18.0 Å². The first-order valence-electron chi connectivity index (χ1n) is 7.46. The summed E-state index contributed by atoms with van der Waals surface area (Å²) < 4.78 is 27.1. The van der Waals surface area contributed by atoms with Gasteiger partial charge in [-0.1, -0.05) is 24.3 Å². The Morgan fingerprint density at radius 2 is 1.68 bits per heavy atom. The Balaban J connectivity index is 2.11. The highest BCUT2D eigenvalue weighted by Gasteiger charge is 2.15. The summed E-state index contributed by atoms with van der Waals surface area (Å²) in [5.74, 6) is -0.703. The molecule has 25 heavy (non-hydrogen) atoms. The van der Waals surface area contributed by atoms with Crippen molar-refractivity contribution in [3.63, 3.8) is 0 Å². The molecular weight excluding hydrogens is 342 g/mol. The lowest BCUT2D eigenvalue weighted by Crippen LogP contribution is -2.36. The van der Waals surface area contributed by atoms with E-state index >= 15 is 0 Å². The van der Waals surface area contributed by atoms with Gasteiger partial charge in [-0.3, -0.25) is 14.3 Å². The molecule has 2 aromatic carbocycles. The molecule has 0 saturated carbocycles. The number of likely N-dealkylation sites (N-methyl/N-ethyl adjacent to an activating group) is 1. The maximum absolute atomic E-state index is 12.3. The van der Waals surface area contributed by atoms with Crippen LogP contribution in [0.4, 0.5) is 5.69 Å². The van der Waals surface area contributed by atoms with Crippen molar-refractivity contribution in [1.29, 1.82) is 0 Å². The number of benzene rings is 2. The van der Waals surface area contributed by atoms with Crippen LogP contribution in [0.3, 0.4) is 0 Å². The van der Waals surface area contributed by atoms with Crippen molar-refractivity contribution in [1.82, 2.24) is 10.2 Å². The van der Waals surface area contributed by atoms with Crippen LogP contribution in [0.15, 0.2) is 59.5 Å². The second-order valence-corrected chi connectivity index (χ2v) is 7.15. The van der Waals surface area contributed by atoms with Crippen LogP contribution in [0.2, 0.25) is 0 Å². The van der Waals surface area contributed by atoms with Crippen LogP contribution in [-0.4, -0.2) is 45.8 Å². The predicted molar refractivity (Wildman–Crippen MR) is 94.7 cm³/mol. The zero-order valence-corrected chi connectivity index (χ0v) is 14.7. The molecule has 0 fully saturated rings. The smallest absolute Gasteiger partial charge is 0.261 e. The van der Waals surface area contributed by atoms with Gasteiger partial charge >= 0.3 is 0 Å². The van der Waals surface area contributed by atoms with E-state index in [0.717, 1.165) is 0 Å². The van der Waals surface area contributed by atoms with Gasteiger partial charge in [-0.25, -0.2) is 8.42 Å². The number of hydrogen-bond donors (Lipinski definition) is 2. The number of carbonyl (C=O) groups excluding carboxylic acids is 2. The molecule has 0 aliphatic heterocycles. The quantitative estimate of drug-likeness (QED) is 0.811. The van der Waals surface area contributed by atoms with Crippen LogP contribution < -0.4 is 10.0 Å². The lowest BCUT2D eigenvalue weighted by Gasteiger charge is -2.12. The number of rotatable bonds is 6. The van der Waals surface area contributed by atoms with Gasteiger partial charge in [-0.15, -0.1) is 0 Å². The fourth-order valence-electron chi connectivity index (χ4n) is 1.95. The highest BCUT2D eigenvalue weighted by molar-refractivity contribution is 7.92. The third kappa shape index (κ3) is 5.05. The standard InChI is InChI=1S/C17H19N3O4S/c1-20(2)16(21)12-18-17(22)13-7-6-8-14(11-13)19-25(23,24)15-9-4-3-5-10-15/h3-11,19H,12H2,1-2H3,(H,18,22). The Bertz CT molecular complexity index is 864. The molecule has 132 valence electrons. The number of sulfonamides is 1. The van der Waals surface area contributed by atoms with Gasteiger partial charge in [-0.05, 0) is 30.3 Å². The summed E-state index contributed by atoms with van der Waals surface area (Å²) in [5, 5.41) is 2.49. The SMILES string of the molecule is CN(C)C(=O)CNC(=O)c1cccc(NS(=O)(=O)c2ccccc2)c1. The van der Waals surface area contributed by atoms with Crippen molar-refractivity contribution in [3.8, 4) is 0 Å². The monoisotopic (exact) mass is 361 g/mol. The van der Waals surface area contributed by atoms with Crippen molar-refractivity contribution in [2.24, 2.45) is 0 Å². The molecule has 2 amide bonds. The van der Waals surface area contributed by atoms with E-state index in [1.54, 1.807) is 44.4 Å². The predicted octanol–water partition coefficient (Wildman–Crippen LogP) is 1.31. The Morgan fingerprint density at radius 1 is 1.00 bits per heavy atom. The molecule has 0 spiro atoms. The Hall–Kier alpha value is -2.87. The van der Waals surface area contributed by atoms with Crippen LogP contribution in [0.1, 0.15) is 10.4 Å². The normalized spacial score (nSPS) is 10.8. The largest absolute Gasteiger partial charge is 0.347 e. The van der Waals surface area contributed by atoms with Crippen LogP contribution in [0, 0.1) is 0 Å². The van der Waals surface area contributed by atoms with Crippen LogP contribution in [0.25, 0.3) is 0 Å². The van der Waals surface area contributed by atoms with Gasteiger partial charge in [0.1, 0.15) is 0 Å². The molecule has 0 aromatic heterocycles. The van der Waals surface area contributed by atoms with Crippen LogP contribution >= 0.6 is 0 Å². The minimum absolute atomic E-state index is 0.126. The Labute approximate surface area is 146 Å². The number of carbonyl (C=O) groups is 2. The lowest BCUT2D eigenvalue weighted by molar-refractivity contribution is -0.127. The molecule has 0 unspecified atom stereocenters. The fourth-order valence-corrected chi connectivity index (χ4v) is 3.02. The molecule has 2 rings (SSSR count). The molecule has 2 aromatic rings. The molecule has 0 bridgehead atoms. The Kier molecular flexibility index (Phi) is 5.76. The maximum atomic E-state index is 12.3. The third-order valence-corrected chi connectivity index (χ3v) is 4.73. The fraction of sp³-hybridized carbons (Fsp3) is 0.176. The molecule has 0 saturated heterocycles. The summed E-state index contributed by atoms with van der Waals surface area (Å²) in [4.78, 5) is 25.1. The number of nitrogens with zero attached hydrogens (tertiary/aromatic N) is 1. The summed E-state index contributed by atoms with van der Waals surface area (Å²) in [6, 6.07) is 14.0. The van der Waals surface area contributed by atoms with Gasteiger partial charge in [0, 0.05) is 25.3 Å². The lowest BCUT2D eigenvalue weighted by atomic mass is 10.2. The van der Waals surface area contributed by atoms with E-state index in [1.807, 2.05) is 0 Å². The first-order chi connectivity index (χ1) is 11.8. The average Bonchev–Trinajstić information content (AvgIpc) is 2.59. The Morgan fingerprint density at radius 3 is 2.32 bits per heavy atom. The van der Waals surface area contributed by atoms with Gasteiger partial charge in [0.25, 0.3) is 15.9 Å². The zero-order chi connectivity index (χ0) is 18.4. The van der Waals surface area contributed by atoms with Gasteiger partial charge in [0.05, 0.1) is 11.4 Å². The van der Waals surface area contributed by atoms with Crippen molar-refractivity contribution in [3.05, 3.63) is 60.2 Å². The second-order valence-electron chi connectivity index (χ2n) is 5.47. The van der Waals surface area contributed by atoms with E-state index < -0.39 is 15.9 Å². The van der Waals surface area contributed by atoms with Crippen LogP contribution in [0.5, 0.6) is 0 Å². The van der Waals surface area contributed by atoms with Crippen molar-refractivity contribution < 1.29 is 18.0 Å². The molecular formula is C17H19N3O4S. The van der Waals surface area contributed by atoms with Crippen molar-refractivity contribution >= 4 is 27.5 Å². The van der Waals surface area contributed by atoms with Crippen molar-refractivity contribution in [2.75, 3.05) is 25.4 Å². The van der Waals surface area contributed by atoms with E-state index in [1.165, 1.54) is 29.2 Å². The number of hydrogen-bond acceptors (Lipinski definition) is 4. The minimum atomic E-state index is -3.74. The third-order valence-electron chi connectivity index (χ3n) is 3.33. The summed E-state index contributed by atoms with van der Waals surface area (Å²) in [6.07, 6.45) is 0. The van der Waals surface area contributed by atoms with E-state index in [0.29, 0.717) is 0 Å². The molecule has 0 radical (unpaired) electrons. The topological polar surface area (TPSA) is 95.6 Å². The van der Waals surface area contributed by atoms with Gasteiger partial charge < -0.3 is 10.2 Å². The number of amides is 2. The summed E-state index contributed by atoms with van der Waals surface area (Å²) in [7, 11) is -0.554. The van der Waals surface area contributed by atoms with E-state index in [-0.39, 0.29) is 28.6 Å². The van der Waals surface area contributed by atoms with Gasteiger partial charge in [-0.2, -0.15) is 0 Å². The highest BCUT2D eigenvalue weighted by atomic mass is 32.2. The molecule has 0 heterocycles. The second kappa shape index (κ2) is 7.80. The van der Waals surface area contributed by atoms with Gasteiger partial charge in [0.2, 0.25) is 5.91 Å². The summed E-state index contributed by atoms with van der Waals surface area (Å²) in [6.45, 7) is -0.133. The van der Waals surface area contributed by atoms with Gasteiger partial charge in [0.15, 0.2) is 0 Å². The molecule has 0 aliphatic rings.